The lowest BCUT2D eigenvalue weighted by Gasteiger charge is -2.09. The predicted octanol–water partition coefficient (Wildman–Crippen LogP) is 3.71. The molecule has 1 amide bonds. The molecule has 0 aliphatic rings. The highest BCUT2D eigenvalue weighted by atomic mass is 35.5. The molecule has 0 aliphatic heterocycles. The van der Waals surface area contributed by atoms with E-state index in [-0.39, 0.29) is 5.91 Å². The fourth-order valence-electron chi connectivity index (χ4n) is 1.93. The molecule has 0 heterocycles. The number of amides is 1. The molecule has 2 rings (SSSR count). The van der Waals surface area contributed by atoms with E-state index in [9.17, 15) is 4.79 Å². The second-order valence-corrected chi connectivity index (χ2v) is 4.99. The van der Waals surface area contributed by atoms with E-state index in [1.165, 1.54) is 5.56 Å². The van der Waals surface area contributed by atoms with Crippen molar-refractivity contribution < 1.29 is 9.53 Å². The van der Waals surface area contributed by atoms with Crippen LogP contribution in [0, 0.1) is 0 Å². The summed E-state index contributed by atoms with van der Waals surface area (Å²) in [6.45, 7) is 2.95. The number of rotatable bonds is 6. The number of hydrogen-bond donors (Lipinski definition) is 1. The smallest absolute Gasteiger partial charge is 0.252 e. The van der Waals surface area contributed by atoms with Crippen LogP contribution in [0.5, 0.6) is 5.75 Å². The van der Waals surface area contributed by atoms with Crippen LogP contribution in [0.3, 0.4) is 0 Å². The van der Waals surface area contributed by atoms with Gasteiger partial charge in [0.05, 0.1) is 17.1 Å². The first-order valence-electron chi connectivity index (χ1n) is 6.95. The maximum atomic E-state index is 11.9. The quantitative estimate of drug-likeness (QED) is 0.826. The molecule has 4 heteroatoms. The highest BCUT2D eigenvalue weighted by Crippen LogP contribution is 2.15. The Morgan fingerprint density at radius 2 is 2.00 bits per heavy atom. The minimum Gasteiger partial charge on any atom is -0.492 e. The van der Waals surface area contributed by atoms with Gasteiger partial charge >= 0.3 is 0 Å². The van der Waals surface area contributed by atoms with E-state index in [2.05, 4.69) is 18.3 Å². The minimum atomic E-state index is -0.188. The highest BCUT2D eigenvalue weighted by Gasteiger charge is 2.08. The molecule has 0 aliphatic carbocycles. The van der Waals surface area contributed by atoms with Crippen LogP contribution in [0.2, 0.25) is 5.02 Å². The third kappa shape index (κ3) is 4.50. The molecule has 110 valence electrons. The zero-order valence-corrected chi connectivity index (χ0v) is 12.7. The Balaban J connectivity index is 1.79. The molecule has 0 fully saturated rings. The molecule has 0 unspecified atom stereocenters. The average molecular weight is 304 g/mol. The molecular formula is C17H18ClNO2. The number of ether oxygens (including phenoxy) is 1. The van der Waals surface area contributed by atoms with Gasteiger partial charge in [0.15, 0.2) is 0 Å². The van der Waals surface area contributed by atoms with Crippen molar-refractivity contribution in [2.45, 2.75) is 13.3 Å². The lowest BCUT2D eigenvalue weighted by Crippen LogP contribution is -2.28. The van der Waals surface area contributed by atoms with Crippen molar-refractivity contribution in [3.8, 4) is 5.75 Å². The van der Waals surface area contributed by atoms with Crippen LogP contribution in [-0.4, -0.2) is 19.1 Å². The standard InChI is InChI=1S/C17H18ClNO2/c1-2-13-6-5-7-14(12-13)21-11-10-19-17(20)15-8-3-4-9-16(15)18/h3-9,12H,2,10-11H2,1H3,(H,19,20). The van der Waals surface area contributed by atoms with Crippen LogP contribution in [0.25, 0.3) is 0 Å². The maximum Gasteiger partial charge on any atom is 0.252 e. The third-order valence-corrected chi connectivity index (χ3v) is 3.41. The van der Waals surface area contributed by atoms with E-state index in [0.29, 0.717) is 23.7 Å². The Morgan fingerprint density at radius 3 is 2.76 bits per heavy atom. The van der Waals surface area contributed by atoms with Gasteiger partial charge in [0.1, 0.15) is 12.4 Å². The average Bonchev–Trinajstić information content (AvgIpc) is 2.52. The summed E-state index contributed by atoms with van der Waals surface area (Å²) in [6.07, 6.45) is 0.973. The van der Waals surface area contributed by atoms with Crippen LogP contribution in [-0.2, 0) is 6.42 Å². The summed E-state index contributed by atoms with van der Waals surface area (Å²) < 4.78 is 5.62. The van der Waals surface area contributed by atoms with E-state index in [1.54, 1.807) is 24.3 Å². The Bertz CT molecular complexity index is 613. The number of hydrogen-bond acceptors (Lipinski definition) is 2. The summed E-state index contributed by atoms with van der Waals surface area (Å²) in [4.78, 5) is 11.9. The highest BCUT2D eigenvalue weighted by molar-refractivity contribution is 6.33. The summed E-state index contributed by atoms with van der Waals surface area (Å²) in [5.41, 5.74) is 1.71. The number of nitrogens with one attached hydrogen (secondary N) is 1. The van der Waals surface area contributed by atoms with Crippen LogP contribution in [0.1, 0.15) is 22.8 Å². The van der Waals surface area contributed by atoms with Gasteiger partial charge in [-0.3, -0.25) is 4.79 Å². The molecule has 0 bridgehead atoms. The first-order chi connectivity index (χ1) is 10.2. The summed E-state index contributed by atoms with van der Waals surface area (Å²) >= 11 is 5.97. The normalized spacial score (nSPS) is 10.2. The molecule has 0 spiro atoms. The summed E-state index contributed by atoms with van der Waals surface area (Å²) in [7, 11) is 0. The number of benzene rings is 2. The van der Waals surface area contributed by atoms with Gasteiger partial charge in [-0.25, -0.2) is 0 Å². The SMILES string of the molecule is CCc1cccc(OCCNC(=O)c2ccccc2Cl)c1. The molecule has 3 nitrogen and oxygen atoms in total. The molecule has 0 saturated heterocycles. The van der Waals surface area contributed by atoms with Crippen LogP contribution < -0.4 is 10.1 Å². The largest absolute Gasteiger partial charge is 0.492 e. The van der Waals surface area contributed by atoms with Crippen molar-refractivity contribution in [1.29, 1.82) is 0 Å². The molecular weight excluding hydrogens is 286 g/mol. The second kappa shape index (κ2) is 7.70. The van der Waals surface area contributed by atoms with Gasteiger partial charge in [0.25, 0.3) is 5.91 Å². The van der Waals surface area contributed by atoms with E-state index >= 15 is 0 Å². The summed E-state index contributed by atoms with van der Waals surface area (Å²) in [5, 5.41) is 3.24. The molecule has 2 aromatic rings. The van der Waals surface area contributed by atoms with Gasteiger partial charge < -0.3 is 10.1 Å². The Morgan fingerprint density at radius 1 is 1.19 bits per heavy atom. The second-order valence-electron chi connectivity index (χ2n) is 4.59. The monoisotopic (exact) mass is 303 g/mol. The van der Waals surface area contributed by atoms with Crippen molar-refractivity contribution in [1.82, 2.24) is 5.32 Å². The third-order valence-electron chi connectivity index (χ3n) is 3.08. The number of carbonyl (C=O) groups excluding carboxylic acids is 1. The lowest BCUT2D eigenvalue weighted by atomic mass is 10.2. The van der Waals surface area contributed by atoms with Crippen LogP contribution in [0.15, 0.2) is 48.5 Å². The first-order valence-corrected chi connectivity index (χ1v) is 7.33. The number of carbonyl (C=O) groups is 1. The van der Waals surface area contributed by atoms with Gasteiger partial charge in [0, 0.05) is 0 Å². The van der Waals surface area contributed by atoms with E-state index in [4.69, 9.17) is 16.3 Å². The molecule has 0 saturated carbocycles. The maximum absolute atomic E-state index is 11.9. The topological polar surface area (TPSA) is 38.3 Å². The Kier molecular flexibility index (Phi) is 5.64. The summed E-state index contributed by atoms with van der Waals surface area (Å²) in [6, 6.07) is 14.9. The van der Waals surface area contributed by atoms with Gasteiger partial charge in [-0.15, -0.1) is 0 Å². The van der Waals surface area contributed by atoms with Crippen molar-refractivity contribution in [3.05, 3.63) is 64.7 Å². The first kappa shape index (κ1) is 15.4. The van der Waals surface area contributed by atoms with Gasteiger partial charge in [-0.1, -0.05) is 42.8 Å². The molecule has 2 aromatic carbocycles. The minimum absolute atomic E-state index is 0.188. The molecule has 0 atom stereocenters. The Hall–Kier alpha value is -2.00. The van der Waals surface area contributed by atoms with Crippen LogP contribution >= 0.6 is 11.6 Å². The summed E-state index contributed by atoms with van der Waals surface area (Å²) in [5.74, 6) is 0.632. The fourth-order valence-corrected chi connectivity index (χ4v) is 2.15. The van der Waals surface area contributed by atoms with Crippen molar-refractivity contribution >= 4 is 17.5 Å². The zero-order chi connectivity index (χ0) is 15.1. The molecule has 0 radical (unpaired) electrons. The zero-order valence-electron chi connectivity index (χ0n) is 11.9. The van der Waals surface area contributed by atoms with Crippen molar-refractivity contribution in [2.75, 3.05) is 13.2 Å². The fraction of sp³-hybridized carbons (Fsp3) is 0.235. The molecule has 0 aromatic heterocycles. The molecule has 21 heavy (non-hydrogen) atoms. The van der Waals surface area contributed by atoms with E-state index < -0.39 is 0 Å². The van der Waals surface area contributed by atoms with Gasteiger partial charge in [-0.2, -0.15) is 0 Å². The number of halogens is 1. The van der Waals surface area contributed by atoms with Crippen molar-refractivity contribution in [3.63, 3.8) is 0 Å². The van der Waals surface area contributed by atoms with Gasteiger partial charge in [0.2, 0.25) is 0 Å². The Labute approximate surface area is 129 Å². The van der Waals surface area contributed by atoms with E-state index in [1.807, 2.05) is 18.2 Å². The molecule has 1 N–H and O–H groups in total. The number of aryl methyl sites for hydroxylation is 1. The van der Waals surface area contributed by atoms with E-state index in [0.717, 1.165) is 12.2 Å². The van der Waals surface area contributed by atoms with Crippen molar-refractivity contribution in [2.24, 2.45) is 0 Å². The van der Waals surface area contributed by atoms with Crippen LogP contribution in [0.4, 0.5) is 0 Å². The predicted molar refractivity (Wildman–Crippen MR) is 85.1 cm³/mol. The lowest BCUT2D eigenvalue weighted by molar-refractivity contribution is 0.0947. The van der Waals surface area contributed by atoms with Gasteiger partial charge in [-0.05, 0) is 36.2 Å².